The standard InChI is InChI=1S/C24H22N2O3/c27-23(25-20-12-5-6-13-21(20)26-16-8-15-24(26)28)17-29-22-14-7-4-11-19(22)18-9-2-1-3-10-18/h1-7,9-14H,8,15-17H2,(H,25,27). The first-order valence-corrected chi connectivity index (χ1v) is 9.69. The molecule has 3 aromatic rings. The van der Waals surface area contributed by atoms with Gasteiger partial charge in [0.15, 0.2) is 6.61 Å². The molecule has 1 heterocycles. The molecule has 29 heavy (non-hydrogen) atoms. The molecule has 1 saturated heterocycles. The number of carbonyl (C=O) groups is 2. The van der Waals surface area contributed by atoms with Crippen molar-refractivity contribution in [1.29, 1.82) is 0 Å². The van der Waals surface area contributed by atoms with Gasteiger partial charge in [-0.05, 0) is 30.2 Å². The zero-order valence-corrected chi connectivity index (χ0v) is 16.0. The van der Waals surface area contributed by atoms with Gasteiger partial charge in [0.25, 0.3) is 5.91 Å². The molecule has 1 fully saturated rings. The molecule has 0 bridgehead atoms. The molecule has 0 unspecified atom stereocenters. The largest absolute Gasteiger partial charge is 0.483 e. The average Bonchev–Trinajstić information content (AvgIpc) is 3.19. The van der Waals surface area contributed by atoms with E-state index in [2.05, 4.69) is 5.32 Å². The first kappa shape index (κ1) is 18.7. The third-order valence-corrected chi connectivity index (χ3v) is 4.87. The molecule has 0 aromatic heterocycles. The highest BCUT2D eigenvalue weighted by molar-refractivity contribution is 6.02. The summed E-state index contributed by atoms with van der Waals surface area (Å²) in [5, 5.41) is 2.88. The Balaban J connectivity index is 1.46. The highest BCUT2D eigenvalue weighted by Gasteiger charge is 2.24. The van der Waals surface area contributed by atoms with Crippen molar-refractivity contribution >= 4 is 23.2 Å². The maximum atomic E-state index is 12.5. The van der Waals surface area contributed by atoms with Gasteiger partial charge in [-0.15, -0.1) is 0 Å². The quantitative estimate of drug-likeness (QED) is 0.679. The van der Waals surface area contributed by atoms with Crippen LogP contribution in [0.5, 0.6) is 5.75 Å². The molecule has 1 N–H and O–H groups in total. The van der Waals surface area contributed by atoms with Crippen LogP contribution in [0.4, 0.5) is 11.4 Å². The second-order valence-corrected chi connectivity index (χ2v) is 6.87. The van der Waals surface area contributed by atoms with Crippen LogP contribution in [0.1, 0.15) is 12.8 Å². The van der Waals surface area contributed by atoms with Crippen LogP contribution in [0, 0.1) is 0 Å². The third-order valence-electron chi connectivity index (χ3n) is 4.87. The fourth-order valence-corrected chi connectivity index (χ4v) is 3.50. The molecule has 1 aliphatic heterocycles. The van der Waals surface area contributed by atoms with Gasteiger partial charge in [0.05, 0.1) is 11.4 Å². The fraction of sp³-hybridized carbons (Fsp3) is 0.167. The maximum absolute atomic E-state index is 12.5. The Bertz CT molecular complexity index is 1020. The molecule has 3 aromatic carbocycles. The monoisotopic (exact) mass is 386 g/mol. The lowest BCUT2D eigenvalue weighted by Crippen LogP contribution is -2.27. The molecule has 0 aliphatic carbocycles. The minimum absolute atomic E-state index is 0.0831. The Hall–Kier alpha value is -3.60. The molecule has 4 rings (SSSR count). The molecular formula is C24H22N2O3. The van der Waals surface area contributed by atoms with Crippen LogP contribution in [0.25, 0.3) is 11.1 Å². The van der Waals surface area contributed by atoms with Crippen LogP contribution >= 0.6 is 0 Å². The molecule has 5 nitrogen and oxygen atoms in total. The van der Waals surface area contributed by atoms with E-state index < -0.39 is 0 Å². The van der Waals surface area contributed by atoms with Crippen LogP contribution in [0.3, 0.4) is 0 Å². The van der Waals surface area contributed by atoms with Crippen molar-refractivity contribution in [2.75, 3.05) is 23.4 Å². The topological polar surface area (TPSA) is 58.6 Å². The van der Waals surface area contributed by atoms with Gasteiger partial charge in [-0.1, -0.05) is 60.7 Å². The summed E-state index contributed by atoms with van der Waals surface area (Å²) in [7, 11) is 0. The SMILES string of the molecule is O=C(COc1ccccc1-c1ccccc1)Nc1ccccc1N1CCCC1=O. The Morgan fingerprint density at radius 2 is 1.66 bits per heavy atom. The number of hydrogen-bond acceptors (Lipinski definition) is 3. The van der Waals surface area contributed by atoms with Crippen LogP contribution < -0.4 is 15.0 Å². The summed E-state index contributed by atoms with van der Waals surface area (Å²) in [4.78, 5) is 26.4. The van der Waals surface area contributed by atoms with Crippen LogP contribution in [-0.4, -0.2) is 25.0 Å². The highest BCUT2D eigenvalue weighted by atomic mass is 16.5. The van der Waals surface area contributed by atoms with Gasteiger partial charge in [-0.3, -0.25) is 9.59 Å². The van der Waals surface area contributed by atoms with E-state index in [1.807, 2.05) is 72.8 Å². The molecule has 2 amide bonds. The van der Waals surface area contributed by atoms with E-state index in [1.165, 1.54) is 0 Å². The number of ether oxygens (including phenoxy) is 1. The Kier molecular flexibility index (Phi) is 5.56. The van der Waals surface area contributed by atoms with E-state index in [4.69, 9.17) is 4.74 Å². The van der Waals surface area contributed by atoms with Gasteiger partial charge in [-0.2, -0.15) is 0 Å². The minimum atomic E-state index is -0.271. The minimum Gasteiger partial charge on any atom is -0.483 e. The van der Waals surface area contributed by atoms with E-state index in [-0.39, 0.29) is 18.4 Å². The Morgan fingerprint density at radius 3 is 2.45 bits per heavy atom. The van der Waals surface area contributed by atoms with Crippen molar-refractivity contribution in [1.82, 2.24) is 0 Å². The second-order valence-electron chi connectivity index (χ2n) is 6.87. The summed E-state index contributed by atoms with van der Waals surface area (Å²) >= 11 is 0. The van der Waals surface area contributed by atoms with Gasteiger partial charge in [0.1, 0.15) is 5.75 Å². The van der Waals surface area contributed by atoms with E-state index >= 15 is 0 Å². The zero-order valence-electron chi connectivity index (χ0n) is 16.0. The van der Waals surface area contributed by atoms with Crippen molar-refractivity contribution in [2.24, 2.45) is 0 Å². The highest BCUT2D eigenvalue weighted by Crippen LogP contribution is 2.31. The number of para-hydroxylation sites is 3. The van der Waals surface area contributed by atoms with Crippen LogP contribution in [0.15, 0.2) is 78.9 Å². The first-order chi connectivity index (χ1) is 14.2. The summed E-state index contributed by atoms with van der Waals surface area (Å²) in [6.45, 7) is 0.554. The van der Waals surface area contributed by atoms with Crippen LogP contribution in [-0.2, 0) is 9.59 Å². The second kappa shape index (κ2) is 8.61. The van der Waals surface area contributed by atoms with Gasteiger partial charge < -0.3 is 15.0 Å². The van der Waals surface area contributed by atoms with Crippen molar-refractivity contribution < 1.29 is 14.3 Å². The zero-order chi connectivity index (χ0) is 20.1. The van der Waals surface area contributed by atoms with Crippen molar-refractivity contribution in [3.8, 4) is 16.9 Å². The molecule has 146 valence electrons. The fourth-order valence-electron chi connectivity index (χ4n) is 3.50. The third kappa shape index (κ3) is 4.29. The van der Waals surface area contributed by atoms with E-state index in [0.717, 1.165) is 23.2 Å². The summed E-state index contributed by atoms with van der Waals surface area (Å²) in [5.74, 6) is 0.462. The summed E-state index contributed by atoms with van der Waals surface area (Å²) in [6.07, 6.45) is 1.38. The van der Waals surface area contributed by atoms with Crippen molar-refractivity contribution in [3.05, 3.63) is 78.9 Å². The molecule has 0 radical (unpaired) electrons. The predicted octanol–water partition coefficient (Wildman–Crippen LogP) is 4.50. The van der Waals surface area contributed by atoms with E-state index in [0.29, 0.717) is 24.4 Å². The van der Waals surface area contributed by atoms with Crippen LogP contribution in [0.2, 0.25) is 0 Å². The first-order valence-electron chi connectivity index (χ1n) is 9.69. The molecule has 0 saturated carbocycles. The van der Waals surface area contributed by atoms with E-state index in [1.54, 1.807) is 11.0 Å². The van der Waals surface area contributed by atoms with Gasteiger partial charge >= 0.3 is 0 Å². The number of rotatable bonds is 6. The maximum Gasteiger partial charge on any atom is 0.262 e. The molecule has 1 aliphatic rings. The van der Waals surface area contributed by atoms with E-state index in [9.17, 15) is 9.59 Å². The summed E-state index contributed by atoms with van der Waals surface area (Å²) < 4.78 is 5.82. The lowest BCUT2D eigenvalue weighted by Gasteiger charge is -2.20. The summed E-state index contributed by atoms with van der Waals surface area (Å²) in [6, 6.07) is 24.9. The van der Waals surface area contributed by atoms with Crippen molar-refractivity contribution in [3.63, 3.8) is 0 Å². The number of nitrogens with one attached hydrogen (secondary N) is 1. The molecule has 5 heteroatoms. The lowest BCUT2D eigenvalue weighted by molar-refractivity contribution is -0.118. The van der Waals surface area contributed by atoms with Gasteiger partial charge in [0, 0.05) is 18.5 Å². The number of hydrogen-bond donors (Lipinski definition) is 1. The average molecular weight is 386 g/mol. The summed E-state index contributed by atoms with van der Waals surface area (Å²) in [5.41, 5.74) is 3.31. The predicted molar refractivity (Wildman–Crippen MR) is 114 cm³/mol. The Morgan fingerprint density at radius 1 is 0.931 bits per heavy atom. The number of nitrogens with zero attached hydrogens (tertiary/aromatic N) is 1. The molecule has 0 spiro atoms. The molecular weight excluding hydrogens is 364 g/mol. The number of amides is 2. The number of carbonyl (C=O) groups excluding carboxylic acids is 2. The lowest BCUT2D eigenvalue weighted by atomic mass is 10.1. The van der Waals surface area contributed by atoms with Gasteiger partial charge in [0.2, 0.25) is 5.91 Å². The van der Waals surface area contributed by atoms with Crippen molar-refractivity contribution in [2.45, 2.75) is 12.8 Å². The van der Waals surface area contributed by atoms with Gasteiger partial charge in [-0.25, -0.2) is 0 Å². The number of benzene rings is 3. The number of anilines is 2. The molecule has 0 atom stereocenters. The Labute approximate surface area is 169 Å². The normalized spacial score (nSPS) is 13.4. The smallest absolute Gasteiger partial charge is 0.262 e.